The molecule has 0 aliphatic carbocycles. The molecule has 69 heavy (non-hydrogen) atoms. The number of ether oxygens (including phenoxy) is 3. The summed E-state index contributed by atoms with van der Waals surface area (Å²) in [5.41, 5.74) is 0. The van der Waals surface area contributed by atoms with Gasteiger partial charge in [-0.3, -0.25) is 14.4 Å². The third-order valence-electron chi connectivity index (χ3n) is 13.6. The molecule has 0 heterocycles. The summed E-state index contributed by atoms with van der Waals surface area (Å²) >= 11 is 0. The zero-order valence-electron chi connectivity index (χ0n) is 46.3. The van der Waals surface area contributed by atoms with Crippen molar-refractivity contribution in [2.75, 3.05) is 13.2 Å². The lowest BCUT2D eigenvalue weighted by atomic mass is 10.0. The smallest absolute Gasteiger partial charge is 0.306 e. The fourth-order valence-corrected chi connectivity index (χ4v) is 9.04. The van der Waals surface area contributed by atoms with Crippen LogP contribution in [0.4, 0.5) is 0 Å². The molecule has 404 valence electrons. The zero-order valence-corrected chi connectivity index (χ0v) is 46.3. The normalized spacial score (nSPS) is 12.2. The molecule has 0 aromatic rings. The van der Waals surface area contributed by atoms with Gasteiger partial charge < -0.3 is 14.2 Å². The van der Waals surface area contributed by atoms with E-state index in [0.29, 0.717) is 19.3 Å². The first kappa shape index (κ1) is 66.6. The van der Waals surface area contributed by atoms with Crippen LogP contribution in [0.3, 0.4) is 0 Å². The van der Waals surface area contributed by atoms with Crippen molar-refractivity contribution in [3.63, 3.8) is 0 Å². The van der Waals surface area contributed by atoms with Gasteiger partial charge in [-0.15, -0.1) is 0 Å². The van der Waals surface area contributed by atoms with Crippen LogP contribution < -0.4 is 0 Å². The Morgan fingerprint density at radius 1 is 0.290 bits per heavy atom. The van der Waals surface area contributed by atoms with Crippen LogP contribution in [0.1, 0.15) is 329 Å². The lowest BCUT2D eigenvalue weighted by Gasteiger charge is -2.18. The largest absolute Gasteiger partial charge is 0.462 e. The van der Waals surface area contributed by atoms with Crippen LogP contribution in [-0.4, -0.2) is 37.2 Å². The first-order valence-corrected chi connectivity index (χ1v) is 30.5. The third kappa shape index (κ3) is 56.4. The van der Waals surface area contributed by atoms with Crippen LogP contribution in [-0.2, 0) is 28.6 Å². The van der Waals surface area contributed by atoms with E-state index in [9.17, 15) is 14.4 Å². The Labute approximate surface area is 429 Å². The maximum atomic E-state index is 12.8. The third-order valence-corrected chi connectivity index (χ3v) is 13.6. The van der Waals surface area contributed by atoms with Gasteiger partial charge in [0.2, 0.25) is 0 Å². The molecule has 0 N–H and O–H groups in total. The standard InChI is InChI=1S/C63H116O6/c1-4-7-10-13-16-18-20-22-24-25-26-27-28-29-30-31-32-33-34-35-36-37-39-40-42-44-47-50-53-56-62(65)68-59-60(58-67-61(64)55-52-49-46-15-12-9-6-3)69-63(66)57-54-51-48-45-43-41-38-23-21-19-17-14-11-8-5-2/h20,22,25-26,28-29,60H,4-19,21,23-24,27,30-59H2,1-3H3/b22-20-,26-25-,29-28-. The highest BCUT2D eigenvalue weighted by Crippen LogP contribution is 2.17. The Hall–Kier alpha value is -2.37. The molecule has 0 bridgehead atoms. The van der Waals surface area contributed by atoms with E-state index < -0.39 is 6.10 Å². The molecule has 0 rings (SSSR count). The van der Waals surface area contributed by atoms with Gasteiger partial charge >= 0.3 is 17.9 Å². The highest BCUT2D eigenvalue weighted by molar-refractivity contribution is 5.71. The van der Waals surface area contributed by atoms with Crippen LogP contribution in [0.25, 0.3) is 0 Å². The van der Waals surface area contributed by atoms with Crippen molar-refractivity contribution in [3.05, 3.63) is 36.5 Å². The number of carbonyl (C=O) groups is 3. The van der Waals surface area contributed by atoms with E-state index in [1.54, 1.807) is 0 Å². The van der Waals surface area contributed by atoms with Crippen LogP contribution in [0, 0.1) is 0 Å². The monoisotopic (exact) mass is 969 g/mol. The topological polar surface area (TPSA) is 78.9 Å². The fourth-order valence-electron chi connectivity index (χ4n) is 9.04. The average molecular weight is 970 g/mol. The fraction of sp³-hybridized carbons (Fsp3) is 0.857. The maximum Gasteiger partial charge on any atom is 0.306 e. The van der Waals surface area contributed by atoms with Gasteiger partial charge in [-0.25, -0.2) is 0 Å². The molecule has 0 spiro atoms. The van der Waals surface area contributed by atoms with E-state index >= 15 is 0 Å². The quantitative estimate of drug-likeness (QED) is 0.0261. The molecule has 0 aromatic carbocycles. The lowest BCUT2D eigenvalue weighted by Crippen LogP contribution is -2.30. The molecular formula is C63H116O6. The van der Waals surface area contributed by atoms with Gasteiger partial charge in [-0.1, -0.05) is 288 Å². The van der Waals surface area contributed by atoms with Gasteiger partial charge in [-0.2, -0.15) is 0 Å². The van der Waals surface area contributed by atoms with Crippen molar-refractivity contribution in [1.82, 2.24) is 0 Å². The van der Waals surface area contributed by atoms with Crippen molar-refractivity contribution in [3.8, 4) is 0 Å². The van der Waals surface area contributed by atoms with Crippen LogP contribution in [0.5, 0.6) is 0 Å². The second kappa shape index (κ2) is 58.2. The number of rotatable bonds is 56. The lowest BCUT2D eigenvalue weighted by molar-refractivity contribution is -0.167. The van der Waals surface area contributed by atoms with Crippen LogP contribution in [0.15, 0.2) is 36.5 Å². The molecular weight excluding hydrogens is 853 g/mol. The van der Waals surface area contributed by atoms with Crippen molar-refractivity contribution < 1.29 is 28.6 Å². The Kier molecular flexibility index (Phi) is 56.2. The molecule has 6 nitrogen and oxygen atoms in total. The van der Waals surface area contributed by atoms with E-state index in [-0.39, 0.29) is 31.1 Å². The van der Waals surface area contributed by atoms with Gasteiger partial charge in [0.1, 0.15) is 13.2 Å². The Bertz CT molecular complexity index is 1160. The van der Waals surface area contributed by atoms with Gasteiger partial charge in [0.25, 0.3) is 0 Å². The average Bonchev–Trinajstić information content (AvgIpc) is 3.35. The predicted molar refractivity (Wildman–Crippen MR) is 298 cm³/mol. The minimum Gasteiger partial charge on any atom is -0.462 e. The highest BCUT2D eigenvalue weighted by atomic mass is 16.6. The summed E-state index contributed by atoms with van der Waals surface area (Å²) in [6.07, 6.45) is 70.3. The molecule has 0 aliphatic rings. The minimum absolute atomic E-state index is 0.0674. The summed E-state index contributed by atoms with van der Waals surface area (Å²) in [4.78, 5) is 38.0. The molecule has 0 aliphatic heterocycles. The van der Waals surface area contributed by atoms with E-state index in [0.717, 1.165) is 70.6 Å². The SMILES string of the molecule is CCCCCCC/C=C\C/C=C\C/C=C\CCCCCCCCCCCCCCCCC(=O)OCC(COC(=O)CCCCCCCCC)OC(=O)CCCCCCCCCCCCCCCCC. The van der Waals surface area contributed by atoms with E-state index in [2.05, 4.69) is 57.2 Å². The predicted octanol–water partition coefficient (Wildman–Crippen LogP) is 20.4. The van der Waals surface area contributed by atoms with Gasteiger partial charge in [0.05, 0.1) is 0 Å². The van der Waals surface area contributed by atoms with Gasteiger partial charge in [-0.05, 0) is 57.8 Å². The molecule has 0 fully saturated rings. The zero-order chi connectivity index (χ0) is 50.0. The molecule has 0 radical (unpaired) electrons. The number of allylic oxidation sites excluding steroid dienone is 6. The molecule has 0 saturated heterocycles. The minimum atomic E-state index is -0.765. The second-order valence-corrected chi connectivity index (χ2v) is 20.6. The molecule has 1 unspecified atom stereocenters. The van der Waals surface area contributed by atoms with E-state index in [4.69, 9.17) is 14.2 Å². The number of carbonyl (C=O) groups excluding carboxylic acids is 3. The van der Waals surface area contributed by atoms with E-state index in [1.807, 2.05) is 0 Å². The van der Waals surface area contributed by atoms with Crippen LogP contribution >= 0.6 is 0 Å². The maximum absolute atomic E-state index is 12.8. The van der Waals surface area contributed by atoms with Gasteiger partial charge in [0.15, 0.2) is 6.10 Å². The second-order valence-electron chi connectivity index (χ2n) is 20.6. The van der Waals surface area contributed by atoms with Crippen molar-refractivity contribution in [1.29, 1.82) is 0 Å². The Balaban J connectivity index is 4.04. The van der Waals surface area contributed by atoms with Crippen molar-refractivity contribution in [2.24, 2.45) is 0 Å². The van der Waals surface area contributed by atoms with Crippen molar-refractivity contribution >= 4 is 17.9 Å². The molecule has 0 amide bonds. The Morgan fingerprint density at radius 2 is 0.522 bits per heavy atom. The first-order valence-electron chi connectivity index (χ1n) is 30.5. The summed E-state index contributed by atoms with van der Waals surface area (Å²) in [5.74, 6) is -0.856. The number of unbranched alkanes of at least 4 members (excludes halogenated alkanes) is 39. The summed E-state index contributed by atoms with van der Waals surface area (Å²) < 4.78 is 16.8. The first-order chi connectivity index (χ1) is 34.0. The molecule has 6 heteroatoms. The summed E-state index contributed by atoms with van der Waals surface area (Å²) in [6, 6.07) is 0. The molecule has 1 atom stereocenters. The van der Waals surface area contributed by atoms with Gasteiger partial charge in [0, 0.05) is 19.3 Å². The number of hydrogen-bond donors (Lipinski definition) is 0. The molecule has 0 saturated carbocycles. The van der Waals surface area contributed by atoms with Crippen molar-refractivity contribution in [2.45, 2.75) is 335 Å². The summed E-state index contributed by atoms with van der Waals surface area (Å²) in [6.45, 7) is 6.63. The summed E-state index contributed by atoms with van der Waals surface area (Å²) in [5, 5.41) is 0. The van der Waals surface area contributed by atoms with E-state index in [1.165, 1.54) is 218 Å². The summed E-state index contributed by atoms with van der Waals surface area (Å²) in [7, 11) is 0. The highest BCUT2D eigenvalue weighted by Gasteiger charge is 2.19. The number of hydrogen-bond acceptors (Lipinski definition) is 6. The van der Waals surface area contributed by atoms with Crippen LogP contribution in [0.2, 0.25) is 0 Å². The number of esters is 3. The molecule has 0 aromatic heterocycles. The Morgan fingerprint density at radius 3 is 0.812 bits per heavy atom.